The van der Waals surface area contributed by atoms with E-state index in [9.17, 15) is 31.2 Å². The summed E-state index contributed by atoms with van der Waals surface area (Å²) in [4.78, 5) is 45.7. The zero-order valence-corrected chi connectivity index (χ0v) is 44.0. The highest BCUT2D eigenvalue weighted by Gasteiger charge is 2.24. The van der Waals surface area contributed by atoms with Crippen LogP contribution in [-0.4, -0.2) is 124 Å². The molecule has 0 bridgehead atoms. The average molecular weight is 1050 g/mol. The number of alkyl halides is 1. The second-order valence-electron chi connectivity index (χ2n) is 16.2. The number of hydrogen-bond acceptors (Lipinski definition) is 17. The van der Waals surface area contributed by atoms with Crippen molar-refractivity contribution in [1.82, 2.24) is 10.2 Å². The number of amides is 1. The molecule has 0 saturated heterocycles. The second kappa shape index (κ2) is 33.6. The first kappa shape index (κ1) is 62.1. The molecule has 18 nitrogen and oxygen atoms in total. The summed E-state index contributed by atoms with van der Waals surface area (Å²) in [5, 5.41) is 6.27. The van der Waals surface area contributed by atoms with Gasteiger partial charge >= 0.3 is 11.9 Å². The number of rotatable bonds is 28. The third kappa shape index (κ3) is 26.3. The minimum atomic E-state index is -3.79. The van der Waals surface area contributed by atoms with Crippen LogP contribution in [0.3, 0.4) is 0 Å². The first-order valence-electron chi connectivity index (χ1n) is 22.8. The molecule has 1 fully saturated rings. The van der Waals surface area contributed by atoms with Gasteiger partial charge in [0.05, 0.1) is 56.2 Å². The highest BCUT2D eigenvalue weighted by Crippen LogP contribution is 2.22. The quantitative estimate of drug-likeness (QED) is 0.00824. The Labute approximate surface area is 424 Å². The van der Waals surface area contributed by atoms with E-state index >= 15 is 0 Å². The molecule has 1 amide bonds. The largest absolute Gasteiger partial charge is 0.459 e. The van der Waals surface area contributed by atoms with Crippen LogP contribution >= 0.6 is 11.6 Å². The van der Waals surface area contributed by atoms with Gasteiger partial charge < -0.3 is 29.2 Å². The van der Waals surface area contributed by atoms with Gasteiger partial charge in [-0.2, -0.15) is 16.8 Å². The first-order valence-corrected chi connectivity index (χ1v) is 26.1. The molecule has 1 saturated carbocycles. The van der Waals surface area contributed by atoms with Gasteiger partial charge in [-0.1, -0.05) is 55.1 Å². The summed E-state index contributed by atoms with van der Waals surface area (Å²) in [5.74, 6) is 0.0655. The van der Waals surface area contributed by atoms with Crippen LogP contribution in [0.2, 0.25) is 0 Å². The number of nitrogens with one attached hydrogen (secondary N) is 2. The molecule has 21 heteroatoms. The van der Waals surface area contributed by atoms with Crippen molar-refractivity contribution >= 4 is 55.4 Å². The molecule has 4 rings (SSSR count). The van der Waals surface area contributed by atoms with Gasteiger partial charge in [0, 0.05) is 47.9 Å². The van der Waals surface area contributed by atoms with Gasteiger partial charge in [-0.15, -0.1) is 11.6 Å². The Morgan fingerprint density at radius 2 is 1.14 bits per heavy atom. The minimum Gasteiger partial charge on any atom is -0.459 e. The highest BCUT2D eigenvalue weighted by molar-refractivity contribution is 7.87. The second-order valence-corrected chi connectivity index (χ2v) is 19.8. The van der Waals surface area contributed by atoms with E-state index in [0.29, 0.717) is 54.8 Å². The normalized spacial score (nSPS) is 14.4. The average Bonchev–Trinajstić information content (AvgIpc) is 3.33. The van der Waals surface area contributed by atoms with Gasteiger partial charge in [0.15, 0.2) is 0 Å². The van der Waals surface area contributed by atoms with Crippen molar-refractivity contribution in [2.75, 3.05) is 77.9 Å². The number of carbonyl (C=O) groups is 3. The number of aryl methyl sites for hydroxylation is 2. The third-order valence-electron chi connectivity index (χ3n) is 9.78. The number of carbonyl (C=O) groups excluding carboxylic acids is 3. The number of nitrogens with zero attached hydrogens (tertiary/aromatic N) is 1. The van der Waals surface area contributed by atoms with E-state index in [4.69, 9.17) is 48.7 Å². The molecule has 0 radical (unpaired) electrons. The number of ether oxygens (including phenoxy) is 4. The molecule has 1 aliphatic rings. The number of benzene rings is 3. The number of hydrogen-bond donors (Lipinski definition) is 2. The van der Waals surface area contributed by atoms with E-state index in [1.807, 2.05) is 13.8 Å². The van der Waals surface area contributed by atoms with Crippen LogP contribution in [0.4, 0.5) is 5.69 Å². The maximum atomic E-state index is 12.0. The molecule has 3 aromatic rings. The predicted octanol–water partition coefficient (Wildman–Crippen LogP) is 7.56. The van der Waals surface area contributed by atoms with E-state index in [0.717, 1.165) is 48.9 Å². The standard InChI is InChI=1S/C20H29NO6S.C20H23NO6S.C10H18ClNO3/c2*1-15(2)20(22)27-18-8-6-17(7-9-18)21-14-25-12-13-26-28(23,24)19-10-4-16(3)5-11-19;1-9(2)10(13)12(3)6-8-15-14-7-4-5-11/h4-5,10-11,17-18,21H,1,6-9,12-14H2,2-3H3;4-11,21H,1,12-14H2,2-3H3;1,4-8H2,2-3H3. The fraction of sp³-hybridized carbons (Fsp3) is 0.460. The van der Waals surface area contributed by atoms with E-state index < -0.39 is 26.2 Å². The molecule has 71 heavy (non-hydrogen) atoms. The van der Waals surface area contributed by atoms with Crippen LogP contribution in [0.25, 0.3) is 0 Å². The van der Waals surface area contributed by atoms with Crippen molar-refractivity contribution in [3.63, 3.8) is 0 Å². The lowest BCUT2D eigenvalue weighted by Gasteiger charge is -2.29. The number of halogens is 1. The Balaban J connectivity index is 0.000000384. The van der Waals surface area contributed by atoms with Crippen molar-refractivity contribution in [3.05, 3.63) is 120 Å². The van der Waals surface area contributed by atoms with E-state index in [2.05, 4.69) is 30.4 Å². The summed E-state index contributed by atoms with van der Waals surface area (Å²) >= 11 is 5.44. The Morgan fingerprint density at radius 3 is 1.62 bits per heavy atom. The minimum absolute atomic E-state index is 0.0402. The molecule has 0 heterocycles. The number of anilines is 1. The maximum Gasteiger partial charge on any atom is 0.338 e. The van der Waals surface area contributed by atoms with Crippen LogP contribution in [0.15, 0.2) is 119 Å². The number of esters is 2. The summed E-state index contributed by atoms with van der Waals surface area (Å²) in [5.41, 5.74) is 3.96. The molecular weight excluding hydrogens is 982 g/mol. The van der Waals surface area contributed by atoms with Gasteiger partial charge in [0.2, 0.25) is 5.91 Å². The van der Waals surface area contributed by atoms with E-state index in [1.54, 1.807) is 76.3 Å². The van der Waals surface area contributed by atoms with Crippen LogP contribution in [0.5, 0.6) is 5.75 Å². The molecule has 0 atom stereocenters. The van der Waals surface area contributed by atoms with Crippen LogP contribution in [-0.2, 0) is 67.0 Å². The summed E-state index contributed by atoms with van der Waals surface area (Å²) in [6.07, 6.45) is 4.07. The molecule has 0 spiro atoms. The van der Waals surface area contributed by atoms with Crippen molar-refractivity contribution in [3.8, 4) is 5.75 Å². The monoisotopic (exact) mass is 1050 g/mol. The topological polar surface area (TPSA) is 221 Å². The SMILES string of the molecule is C=C(C)C(=O)N(C)CCOOCCCCl.C=C(C)C(=O)OC1CCC(NCOCCOS(=O)(=O)c2ccc(C)cc2)CC1.C=C(C)C(=O)Oc1ccc(NCOCCOS(=O)(=O)c2ccc(C)cc2)cc1. The van der Waals surface area contributed by atoms with Crippen LogP contribution in [0, 0.1) is 13.8 Å². The zero-order chi connectivity index (χ0) is 52.8. The van der Waals surface area contributed by atoms with Gasteiger partial charge in [0.25, 0.3) is 20.2 Å². The van der Waals surface area contributed by atoms with Gasteiger partial charge in [-0.05, 0) is 115 Å². The van der Waals surface area contributed by atoms with E-state index in [-0.39, 0.29) is 67.0 Å². The first-order chi connectivity index (χ1) is 33.6. The fourth-order valence-corrected chi connectivity index (χ4v) is 7.61. The molecule has 3 aromatic carbocycles. The lowest BCUT2D eigenvalue weighted by molar-refractivity contribution is -0.294. The zero-order valence-electron chi connectivity index (χ0n) is 41.6. The Bertz CT molecular complexity index is 2340. The lowest BCUT2D eigenvalue weighted by atomic mass is 9.93. The summed E-state index contributed by atoms with van der Waals surface area (Å²) < 4.78 is 79.2. The number of likely N-dealkylation sites (N-methyl/N-ethyl adjacent to an activating group) is 1. The molecule has 0 aliphatic heterocycles. The Hall–Kier alpha value is -5.00. The lowest BCUT2D eigenvalue weighted by Crippen LogP contribution is -2.37. The highest BCUT2D eigenvalue weighted by atomic mass is 35.5. The van der Waals surface area contributed by atoms with Crippen molar-refractivity contribution in [2.24, 2.45) is 0 Å². The van der Waals surface area contributed by atoms with E-state index in [1.165, 1.54) is 29.2 Å². The third-order valence-corrected chi connectivity index (χ3v) is 12.7. The molecule has 2 N–H and O–H groups in total. The molecule has 0 unspecified atom stereocenters. The Morgan fingerprint density at radius 1 is 0.648 bits per heavy atom. The Kier molecular flexibility index (Phi) is 29.4. The van der Waals surface area contributed by atoms with Gasteiger partial charge in [-0.25, -0.2) is 19.4 Å². The van der Waals surface area contributed by atoms with Gasteiger partial charge in [0.1, 0.15) is 18.6 Å². The smallest absolute Gasteiger partial charge is 0.338 e. The van der Waals surface area contributed by atoms with Crippen LogP contribution in [0.1, 0.15) is 64.0 Å². The maximum absolute atomic E-state index is 12.0. The summed E-state index contributed by atoms with van der Waals surface area (Å²) in [6, 6.07) is 19.9. The summed E-state index contributed by atoms with van der Waals surface area (Å²) in [7, 11) is -5.85. The van der Waals surface area contributed by atoms with Crippen molar-refractivity contribution < 1.29 is 68.3 Å². The van der Waals surface area contributed by atoms with Crippen molar-refractivity contribution in [2.45, 2.75) is 88.7 Å². The van der Waals surface area contributed by atoms with Crippen molar-refractivity contribution in [1.29, 1.82) is 0 Å². The molecule has 0 aromatic heterocycles. The van der Waals surface area contributed by atoms with Gasteiger partial charge in [-0.3, -0.25) is 18.5 Å². The molecule has 1 aliphatic carbocycles. The van der Waals surface area contributed by atoms with Crippen LogP contribution < -0.4 is 15.4 Å². The summed E-state index contributed by atoms with van der Waals surface area (Å²) in [6.45, 7) is 21.2. The molecule has 394 valence electrons. The molecular formula is C50H70ClN3O15S2. The fourth-order valence-electron chi connectivity index (χ4n) is 5.71. The predicted molar refractivity (Wildman–Crippen MR) is 271 cm³/mol.